The quantitative estimate of drug-likeness (QED) is 0.723. The molecule has 0 atom stereocenters. The minimum absolute atomic E-state index is 0.652. The highest BCUT2D eigenvalue weighted by Crippen LogP contribution is 2.14. The van der Waals surface area contributed by atoms with Gasteiger partial charge in [-0.15, -0.1) is 10.2 Å². The Kier molecular flexibility index (Phi) is 2.26. The minimum atomic E-state index is 0.652. The van der Waals surface area contributed by atoms with E-state index in [2.05, 4.69) is 22.3 Å². The number of rotatable bonds is 2. The summed E-state index contributed by atoms with van der Waals surface area (Å²) in [6, 6.07) is 13.9. The van der Waals surface area contributed by atoms with Gasteiger partial charge in [0.2, 0.25) is 0 Å². The average Bonchev–Trinajstić information content (AvgIpc) is 2.76. The smallest absolute Gasteiger partial charge is 0.183 e. The van der Waals surface area contributed by atoms with E-state index >= 15 is 0 Å². The van der Waals surface area contributed by atoms with Crippen molar-refractivity contribution in [3.05, 3.63) is 60.0 Å². The molecule has 2 aromatic heterocycles. The molecule has 84 valence electrons. The maximum absolute atomic E-state index is 5.84. The van der Waals surface area contributed by atoms with E-state index in [0.717, 1.165) is 17.9 Å². The van der Waals surface area contributed by atoms with Crippen LogP contribution < -0.4 is 5.73 Å². The Hall–Kier alpha value is -2.36. The summed E-state index contributed by atoms with van der Waals surface area (Å²) in [5.41, 5.74) is 8.42. The van der Waals surface area contributed by atoms with Crippen molar-refractivity contribution in [3.63, 3.8) is 0 Å². The second kappa shape index (κ2) is 3.90. The number of nitrogens with two attached hydrogens (primary N) is 1. The standard InChI is InChI=1S/C13H12N4/c14-11-7-4-8-17-12(15-16-13(11)17)9-10-5-2-1-3-6-10/h1-8H,9,14H2. The van der Waals surface area contributed by atoms with E-state index in [4.69, 9.17) is 5.73 Å². The summed E-state index contributed by atoms with van der Waals surface area (Å²) in [7, 11) is 0. The Bertz CT molecular complexity index is 643. The highest BCUT2D eigenvalue weighted by molar-refractivity contribution is 5.63. The van der Waals surface area contributed by atoms with Crippen molar-refractivity contribution in [2.24, 2.45) is 0 Å². The fraction of sp³-hybridized carbons (Fsp3) is 0.0769. The van der Waals surface area contributed by atoms with Gasteiger partial charge in [-0.2, -0.15) is 0 Å². The van der Waals surface area contributed by atoms with E-state index in [9.17, 15) is 0 Å². The first-order valence-electron chi connectivity index (χ1n) is 5.46. The molecule has 3 rings (SSSR count). The first kappa shape index (κ1) is 9.84. The van der Waals surface area contributed by atoms with Crippen molar-refractivity contribution in [2.75, 3.05) is 5.73 Å². The SMILES string of the molecule is Nc1cccn2c(Cc3ccccc3)nnc12. The first-order chi connectivity index (χ1) is 8.34. The van der Waals surface area contributed by atoms with E-state index in [1.807, 2.05) is 40.9 Å². The lowest BCUT2D eigenvalue weighted by Gasteiger charge is -2.01. The Morgan fingerprint density at radius 2 is 1.82 bits per heavy atom. The van der Waals surface area contributed by atoms with Gasteiger partial charge in [0, 0.05) is 12.6 Å². The molecule has 0 amide bonds. The van der Waals surface area contributed by atoms with Gasteiger partial charge in [0.05, 0.1) is 5.69 Å². The van der Waals surface area contributed by atoms with Crippen LogP contribution in [0, 0.1) is 0 Å². The number of aromatic nitrogens is 3. The summed E-state index contributed by atoms with van der Waals surface area (Å²) in [5.74, 6) is 0.901. The molecule has 4 nitrogen and oxygen atoms in total. The topological polar surface area (TPSA) is 56.2 Å². The van der Waals surface area contributed by atoms with Gasteiger partial charge in [-0.25, -0.2) is 0 Å². The number of anilines is 1. The van der Waals surface area contributed by atoms with Crippen LogP contribution in [0.5, 0.6) is 0 Å². The zero-order valence-electron chi connectivity index (χ0n) is 9.24. The molecular formula is C13H12N4. The summed E-state index contributed by atoms with van der Waals surface area (Å²) in [4.78, 5) is 0. The molecule has 0 aliphatic carbocycles. The van der Waals surface area contributed by atoms with Crippen molar-refractivity contribution in [3.8, 4) is 0 Å². The van der Waals surface area contributed by atoms with Gasteiger partial charge in [-0.3, -0.25) is 4.40 Å². The molecule has 0 radical (unpaired) electrons. The maximum atomic E-state index is 5.84. The monoisotopic (exact) mass is 224 g/mol. The molecule has 0 unspecified atom stereocenters. The predicted octanol–water partition coefficient (Wildman–Crippen LogP) is 1.90. The third kappa shape index (κ3) is 1.73. The molecule has 17 heavy (non-hydrogen) atoms. The summed E-state index contributed by atoms with van der Waals surface area (Å²) in [6.45, 7) is 0. The Balaban J connectivity index is 2.05. The van der Waals surface area contributed by atoms with Crippen molar-refractivity contribution < 1.29 is 0 Å². The number of hydrogen-bond acceptors (Lipinski definition) is 3. The zero-order valence-corrected chi connectivity index (χ0v) is 9.24. The van der Waals surface area contributed by atoms with Gasteiger partial charge in [-0.1, -0.05) is 30.3 Å². The predicted molar refractivity (Wildman–Crippen MR) is 66.6 cm³/mol. The van der Waals surface area contributed by atoms with E-state index in [-0.39, 0.29) is 0 Å². The fourth-order valence-corrected chi connectivity index (χ4v) is 1.88. The molecule has 2 heterocycles. The van der Waals surface area contributed by atoms with Crippen LogP contribution >= 0.6 is 0 Å². The molecule has 3 aromatic rings. The summed E-state index contributed by atoms with van der Waals surface area (Å²) < 4.78 is 1.93. The molecule has 0 bridgehead atoms. The Morgan fingerprint density at radius 1 is 1.00 bits per heavy atom. The van der Waals surface area contributed by atoms with E-state index in [1.54, 1.807) is 0 Å². The second-order valence-corrected chi connectivity index (χ2v) is 3.94. The summed E-state index contributed by atoms with van der Waals surface area (Å²) >= 11 is 0. The Morgan fingerprint density at radius 3 is 2.65 bits per heavy atom. The van der Waals surface area contributed by atoms with Gasteiger partial charge < -0.3 is 5.73 Å². The first-order valence-corrected chi connectivity index (χ1v) is 5.46. The molecule has 0 fully saturated rings. The van der Waals surface area contributed by atoms with E-state index in [1.165, 1.54) is 5.56 Å². The van der Waals surface area contributed by atoms with Gasteiger partial charge in [0.15, 0.2) is 5.65 Å². The molecule has 0 saturated heterocycles. The van der Waals surface area contributed by atoms with E-state index < -0.39 is 0 Å². The number of fused-ring (bicyclic) bond motifs is 1. The molecule has 0 spiro atoms. The molecule has 4 heteroatoms. The van der Waals surface area contributed by atoms with Crippen LogP contribution in [0.15, 0.2) is 48.7 Å². The van der Waals surface area contributed by atoms with Crippen molar-refractivity contribution >= 4 is 11.3 Å². The molecule has 1 aromatic carbocycles. The maximum Gasteiger partial charge on any atom is 0.183 e. The largest absolute Gasteiger partial charge is 0.396 e. The third-order valence-corrected chi connectivity index (χ3v) is 2.74. The van der Waals surface area contributed by atoms with Crippen LogP contribution in [0.4, 0.5) is 5.69 Å². The molecule has 0 aliphatic heterocycles. The lowest BCUT2D eigenvalue weighted by Crippen LogP contribution is -1.97. The third-order valence-electron chi connectivity index (χ3n) is 2.74. The van der Waals surface area contributed by atoms with Gasteiger partial charge in [-0.05, 0) is 17.7 Å². The molecular weight excluding hydrogens is 212 g/mol. The van der Waals surface area contributed by atoms with Crippen LogP contribution in [0.25, 0.3) is 5.65 Å². The number of pyridine rings is 1. The average molecular weight is 224 g/mol. The number of benzene rings is 1. The molecule has 0 saturated carbocycles. The van der Waals surface area contributed by atoms with Gasteiger partial charge in [0.1, 0.15) is 5.82 Å². The van der Waals surface area contributed by atoms with E-state index in [0.29, 0.717) is 5.69 Å². The summed E-state index contributed by atoms with van der Waals surface area (Å²) in [6.07, 6.45) is 2.69. The van der Waals surface area contributed by atoms with Crippen LogP contribution in [0.1, 0.15) is 11.4 Å². The van der Waals surface area contributed by atoms with Gasteiger partial charge in [0.25, 0.3) is 0 Å². The normalized spacial score (nSPS) is 10.8. The molecule has 0 aliphatic rings. The number of nitrogens with zero attached hydrogens (tertiary/aromatic N) is 3. The lowest BCUT2D eigenvalue weighted by molar-refractivity contribution is 0.934. The van der Waals surface area contributed by atoms with Crippen LogP contribution in [0.3, 0.4) is 0 Å². The van der Waals surface area contributed by atoms with Crippen LogP contribution in [-0.2, 0) is 6.42 Å². The van der Waals surface area contributed by atoms with Crippen molar-refractivity contribution in [2.45, 2.75) is 6.42 Å². The second-order valence-electron chi connectivity index (χ2n) is 3.94. The highest BCUT2D eigenvalue weighted by atomic mass is 15.2. The van der Waals surface area contributed by atoms with Gasteiger partial charge >= 0.3 is 0 Å². The minimum Gasteiger partial charge on any atom is -0.396 e. The summed E-state index contributed by atoms with van der Waals surface area (Å²) in [5, 5.41) is 8.29. The number of hydrogen-bond donors (Lipinski definition) is 1. The fourth-order valence-electron chi connectivity index (χ4n) is 1.88. The Labute approximate surface area is 98.7 Å². The van der Waals surface area contributed by atoms with Crippen molar-refractivity contribution in [1.29, 1.82) is 0 Å². The van der Waals surface area contributed by atoms with Crippen LogP contribution in [0.2, 0.25) is 0 Å². The zero-order chi connectivity index (χ0) is 11.7. The van der Waals surface area contributed by atoms with Crippen molar-refractivity contribution in [1.82, 2.24) is 14.6 Å². The number of nitrogen functional groups attached to an aromatic ring is 1. The lowest BCUT2D eigenvalue weighted by atomic mass is 10.1. The highest BCUT2D eigenvalue weighted by Gasteiger charge is 2.07. The molecule has 2 N–H and O–H groups in total. The van der Waals surface area contributed by atoms with Crippen LogP contribution in [-0.4, -0.2) is 14.6 Å².